The smallest absolute Gasteiger partial charge is 0.338 e. The minimum Gasteiger partial charge on any atom is -0.494 e. The third-order valence-electron chi connectivity index (χ3n) is 6.36. The zero-order chi connectivity index (χ0) is 26.4. The van der Waals surface area contributed by atoms with Crippen molar-refractivity contribution >= 4 is 49.5 Å². The highest BCUT2D eigenvalue weighted by Crippen LogP contribution is 2.44. The van der Waals surface area contributed by atoms with Crippen molar-refractivity contribution in [3.8, 4) is 5.75 Å². The minimum absolute atomic E-state index is 0.00742. The van der Waals surface area contributed by atoms with Gasteiger partial charge in [0.15, 0.2) is 10.6 Å². The molecule has 38 heavy (non-hydrogen) atoms. The van der Waals surface area contributed by atoms with Crippen molar-refractivity contribution < 1.29 is 23.5 Å². The van der Waals surface area contributed by atoms with Crippen LogP contribution in [0.15, 0.2) is 75.9 Å². The number of rotatable bonds is 6. The molecule has 6 rings (SSSR count). The lowest BCUT2D eigenvalue weighted by atomic mass is 9.98. The van der Waals surface area contributed by atoms with E-state index in [1.54, 1.807) is 49.4 Å². The van der Waals surface area contributed by atoms with Crippen LogP contribution in [0.1, 0.15) is 51.9 Å². The number of carbonyl (C=O) groups excluding carboxylic acids is 2. The van der Waals surface area contributed by atoms with Crippen molar-refractivity contribution in [3.05, 3.63) is 99.4 Å². The molecule has 0 unspecified atom stereocenters. The van der Waals surface area contributed by atoms with E-state index in [4.69, 9.17) is 18.9 Å². The summed E-state index contributed by atoms with van der Waals surface area (Å²) in [4.78, 5) is 46.1. The van der Waals surface area contributed by atoms with Crippen molar-refractivity contribution in [1.82, 2.24) is 4.98 Å². The molecule has 3 aromatic carbocycles. The first kappa shape index (κ1) is 23.9. The third kappa shape index (κ3) is 3.83. The number of thiazole rings is 1. The normalized spacial score (nSPS) is 14.7. The fourth-order valence-corrected chi connectivity index (χ4v) is 5.76. The highest BCUT2D eigenvalue weighted by atomic mass is 32.1. The van der Waals surface area contributed by atoms with Crippen LogP contribution in [-0.2, 0) is 4.74 Å². The molecule has 9 heteroatoms. The molecule has 0 N–H and O–H groups in total. The number of hydrogen-bond donors (Lipinski definition) is 0. The minimum atomic E-state index is -0.774. The van der Waals surface area contributed by atoms with Gasteiger partial charge in [0.25, 0.3) is 5.91 Å². The summed E-state index contributed by atoms with van der Waals surface area (Å²) in [5.74, 6) is -0.271. The Hall–Kier alpha value is -4.50. The number of amides is 1. The number of nitrogens with zero attached hydrogens (tertiary/aromatic N) is 2. The molecule has 1 atom stereocenters. The van der Waals surface area contributed by atoms with E-state index >= 15 is 0 Å². The maximum Gasteiger partial charge on any atom is 0.338 e. The van der Waals surface area contributed by atoms with Gasteiger partial charge in [0, 0.05) is 0 Å². The molecule has 0 saturated heterocycles. The molecule has 190 valence electrons. The number of aromatic nitrogens is 1. The lowest BCUT2D eigenvalue weighted by Crippen LogP contribution is -2.29. The number of carbonyl (C=O) groups is 2. The molecule has 8 nitrogen and oxygen atoms in total. The van der Waals surface area contributed by atoms with Gasteiger partial charge < -0.3 is 13.9 Å². The number of para-hydroxylation sites is 1. The second-order valence-electron chi connectivity index (χ2n) is 8.65. The summed E-state index contributed by atoms with van der Waals surface area (Å²) in [6, 6.07) is 18.5. The Bertz CT molecular complexity index is 1790. The lowest BCUT2D eigenvalue weighted by molar-refractivity contribution is 0.0526. The molecule has 1 aliphatic rings. The first-order chi connectivity index (χ1) is 18.5. The Morgan fingerprint density at radius 3 is 2.68 bits per heavy atom. The Kier molecular flexibility index (Phi) is 5.92. The number of fused-ring (bicyclic) bond motifs is 3. The summed E-state index contributed by atoms with van der Waals surface area (Å²) < 4.78 is 17.6. The molecule has 1 aliphatic heterocycles. The monoisotopic (exact) mass is 526 g/mol. The van der Waals surface area contributed by atoms with E-state index in [0.29, 0.717) is 49.8 Å². The number of ether oxygens (including phenoxy) is 2. The van der Waals surface area contributed by atoms with E-state index in [0.717, 1.165) is 0 Å². The van der Waals surface area contributed by atoms with Crippen LogP contribution >= 0.6 is 11.3 Å². The maximum absolute atomic E-state index is 13.9. The summed E-state index contributed by atoms with van der Waals surface area (Å²) in [7, 11) is 0. The van der Waals surface area contributed by atoms with E-state index in [2.05, 4.69) is 0 Å². The molecule has 2 aromatic heterocycles. The van der Waals surface area contributed by atoms with Gasteiger partial charge in [-0.25, -0.2) is 9.78 Å². The standard InChI is InChI=1S/C29H22N2O6S/c1-3-35-18-9-7-8-16(14-18)24-23-25(32)19-10-5-6-11-21(19)37-26(23)27(33)31(24)29-30-20-13-12-17(15-22(20)38-29)28(34)36-4-2/h5-15,24H,3-4H2,1-2H3/t24-/m0/s1. The average molecular weight is 527 g/mol. The van der Waals surface area contributed by atoms with Crippen molar-refractivity contribution in [2.75, 3.05) is 18.1 Å². The van der Waals surface area contributed by atoms with Crippen LogP contribution in [0, 0.1) is 0 Å². The fraction of sp³-hybridized carbons (Fsp3) is 0.172. The Balaban J connectivity index is 1.55. The Morgan fingerprint density at radius 1 is 1.03 bits per heavy atom. The number of benzene rings is 3. The van der Waals surface area contributed by atoms with Gasteiger partial charge in [-0.2, -0.15) is 0 Å². The largest absolute Gasteiger partial charge is 0.494 e. The van der Waals surface area contributed by atoms with Gasteiger partial charge in [0.2, 0.25) is 5.76 Å². The predicted octanol–water partition coefficient (Wildman–Crippen LogP) is 5.73. The van der Waals surface area contributed by atoms with Crippen LogP contribution in [0.25, 0.3) is 21.2 Å². The second-order valence-corrected chi connectivity index (χ2v) is 9.66. The van der Waals surface area contributed by atoms with E-state index in [-0.39, 0.29) is 23.4 Å². The number of esters is 1. The van der Waals surface area contributed by atoms with Gasteiger partial charge in [0.1, 0.15) is 11.3 Å². The number of hydrogen-bond acceptors (Lipinski definition) is 8. The molecule has 0 aliphatic carbocycles. The Morgan fingerprint density at radius 2 is 1.87 bits per heavy atom. The van der Waals surface area contributed by atoms with Crippen molar-refractivity contribution in [2.45, 2.75) is 19.9 Å². The average Bonchev–Trinajstić information content (AvgIpc) is 3.47. The van der Waals surface area contributed by atoms with Gasteiger partial charge >= 0.3 is 5.97 Å². The highest BCUT2D eigenvalue weighted by Gasteiger charge is 2.45. The van der Waals surface area contributed by atoms with Gasteiger partial charge in [-0.1, -0.05) is 35.6 Å². The summed E-state index contributed by atoms with van der Waals surface area (Å²) in [6.07, 6.45) is 0. The molecule has 0 bridgehead atoms. The molecule has 0 radical (unpaired) electrons. The summed E-state index contributed by atoms with van der Waals surface area (Å²) in [5.41, 5.74) is 2.04. The van der Waals surface area contributed by atoms with Crippen LogP contribution in [0.2, 0.25) is 0 Å². The van der Waals surface area contributed by atoms with E-state index in [1.807, 2.05) is 31.2 Å². The van der Waals surface area contributed by atoms with Crippen molar-refractivity contribution in [2.24, 2.45) is 0 Å². The lowest BCUT2D eigenvalue weighted by Gasteiger charge is -2.23. The molecule has 0 fully saturated rings. The van der Waals surface area contributed by atoms with E-state index < -0.39 is 17.9 Å². The van der Waals surface area contributed by atoms with Crippen LogP contribution < -0.4 is 15.1 Å². The van der Waals surface area contributed by atoms with Gasteiger partial charge in [-0.05, 0) is 61.9 Å². The van der Waals surface area contributed by atoms with Crippen LogP contribution in [0.5, 0.6) is 5.75 Å². The SMILES string of the molecule is CCOC(=O)c1ccc2nc(N3C(=O)c4oc5ccccc5c(=O)c4[C@@H]3c3cccc(OCC)c3)sc2c1. The first-order valence-corrected chi connectivity index (χ1v) is 13.0. The maximum atomic E-state index is 13.9. The third-order valence-corrected chi connectivity index (χ3v) is 7.37. The fourth-order valence-electron chi connectivity index (χ4n) is 4.73. The van der Waals surface area contributed by atoms with Gasteiger partial charge in [-0.3, -0.25) is 14.5 Å². The second kappa shape index (κ2) is 9.42. The Labute approximate surface area is 221 Å². The zero-order valence-electron chi connectivity index (χ0n) is 20.6. The summed E-state index contributed by atoms with van der Waals surface area (Å²) in [5, 5.41) is 0.780. The number of anilines is 1. The topological polar surface area (TPSA) is 98.9 Å². The molecule has 0 spiro atoms. The van der Waals surface area contributed by atoms with Gasteiger partial charge in [-0.15, -0.1) is 0 Å². The molecule has 3 heterocycles. The molecular formula is C29H22N2O6S. The quantitative estimate of drug-likeness (QED) is 0.261. The zero-order valence-corrected chi connectivity index (χ0v) is 21.4. The van der Waals surface area contributed by atoms with Gasteiger partial charge in [0.05, 0.1) is 46.0 Å². The molecule has 1 amide bonds. The van der Waals surface area contributed by atoms with Crippen LogP contribution in [-0.4, -0.2) is 30.1 Å². The van der Waals surface area contributed by atoms with E-state index in [9.17, 15) is 14.4 Å². The highest BCUT2D eigenvalue weighted by molar-refractivity contribution is 7.22. The van der Waals surface area contributed by atoms with Crippen molar-refractivity contribution in [3.63, 3.8) is 0 Å². The van der Waals surface area contributed by atoms with Crippen LogP contribution in [0.3, 0.4) is 0 Å². The van der Waals surface area contributed by atoms with E-state index in [1.165, 1.54) is 16.2 Å². The predicted molar refractivity (Wildman–Crippen MR) is 144 cm³/mol. The molecule has 0 saturated carbocycles. The summed E-state index contributed by atoms with van der Waals surface area (Å²) >= 11 is 1.25. The molecule has 5 aromatic rings. The first-order valence-electron chi connectivity index (χ1n) is 12.2. The summed E-state index contributed by atoms with van der Waals surface area (Å²) in [6.45, 7) is 4.38. The van der Waals surface area contributed by atoms with Crippen LogP contribution in [0.4, 0.5) is 5.13 Å². The molecular weight excluding hydrogens is 504 g/mol. The van der Waals surface area contributed by atoms with Crippen molar-refractivity contribution in [1.29, 1.82) is 0 Å².